The van der Waals surface area contributed by atoms with Crippen LogP contribution in [0.1, 0.15) is 13.8 Å². The van der Waals surface area contributed by atoms with Crippen molar-refractivity contribution in [3.8, 4) is 0 Å². The van der Waals surface area contributed by atoms with E-state index < -0.39 is 5.97 Å². The minimum absolute atomic E-state index is 0.195. The zero-order valence-electron chi connectivity index (χ0n) is 32.4. The lowest BCUT2D eigenvalue weighted by Crippen LogP contribution is -2.16. The Labute approximate surface area is 316 Å². The predicted molar refractivity (Wildman–Crippen MR) is 193 cm³/mol. The highest BCUT2D eigenvalue weighted by Gasteiger charge is 2.02. The van der Waals surface area contributed by atoms with E-state index in [4.69, 9.17) is 76.1 Å². The molecule has 0 aromatic rings. The maximum Gasteiger partial charge on any atom is 0.333 e. The summed E-state index contributed by atoms with van der Waals surface area (Å²) in [6.07, 6.45) is 0. The second-order valence-corrected chi connectivity index (χ2v) is 10.9. The van der Waals surface area contributed by atoms with Gasteiger partial charge in [-0.05, 0) is 13.8 Å². The minimum atomic E-state index is -0.416. The summed E-state index contributed by atoms with van der Waals surface area (Å²) in [7, 11) is 0. The van der Waals surface area contributed by atoms with Crippen molar-refractivity contribution >= 4 is 5.97 Å². The van der Waals surface area contributed by atoms with Crippen molar-refractivity contribution in [3.63, 3.8) is 0 Å². The number of ether oxygens (including phenoxy) is 14. The van der Waals surface area contributed by atoms with E-state index in [-0.39, 0.29) is 6.61 Å². The molecule has 0 heterocycles. The first kappa shape index (κ1) is 51.4. The van der Waals surface area contributed by atoms with Crippen LogP contribution in [0.2, 0.25) is 0 Å². The Morgan fingerprint density at radius 1 is 0.321 bits per heavy atom. The van der Waals surface area contributed by atoms with Crippen LogP contribution in [0.5, 0.6) is 0 Å². The van der Waals surface area contributed by atoms with Gasteiger partial charge in [-0.2, -0.15) is 0 Å². The molecule has 0 aliphatic carbocycles. The zero-order chi connectivity index (χ0) is 38.6. The SMILES string of the molecule is C=C(C)COOCCOCCOCCOCCOCCOCCOCCOCCOCCOCCOCCOCCOCCOCCOC(=O)C(=C)C. The van der Waals surface area contributed by atoms with Gasteiger partial charge in [-0.15, -0.1) is 0 Å². The Hall–Kier alpha value is -1.65. The number of esters is 1. The van der Waals surface area contributed by atoms with E-state index in [0.717, 1.165) is 5.57 Å². The standard InChI is InChI=1S/C36H68O17/c1-34(2)33-53-52-32-30-50-28-26-48-24-22-46-20-18-44-16-14-42-12-10-40-8-6-38-5-7-39-9-11-41-13-15-43-17-19-45-21-23-47-25-27-49-29-31-51-36(37)35(3)4/h1,3,5-33H2,2,4H3. The van der Waals surface area contributed by atoms with Gasteiger partial charge in [0.1, 0.15) is 19.8 Å². The van der Waals surface area contributed by atoms with E-state index in [2.05, 4.69) is 13.2 Å². The molecule has 314 valence electrons. The molecular formula is C36H68O17. The van der Waals surface area contributed by atoms with Gasteiger partial charge in [0, 0.05) is 5.57 Å². The Morgan fingerprint density at radius 3 is 0.736 bits per heavy atom. The summed E-state index contributed by atoms with van der Waals surface area (Å²) in [4.78, 5) is 21.0. The van der Waals surface area contributed by atoms with Crippen molar-refractivity contribution in [1.29, 1.82) is 0 Å². The highest BCUT2D eigenvalue weighted by molar-refractivity contribution is 5.86. The second kappa shape index (κ2) is 44.7. The lowest BCUT2D eigenvalue weighted by atomic mass is 10.4. The highest BCUT2D eigenvalue weighted by Crippen LogP contribution is 1.93. The molecule has 0 spiro atoms. The molecule has 0 radical (unpaired) electrons. The lowest BCUT2D eigenvalue weighted by Gasteiger charge is -2.09. The predicted octanol–water partition coefficient (Wildman–Crippen LogP) is 1.85. The molecule has 17 nitrogen and oxygen atoms in total. The molecule has 0 N–H and O–H groups in total. The quantitative estimate of drug-likeness (QED) is 0.0220. The smallest absolute Gasteiger partial charge is 0.333 e. The molecule has 0 unspecified atom stereocenters. The maximum atomic E-state index is 11.2. The Morgan fingerprint density at radius 2 is 0.528 bits per heavy atom. The van der Waals surface area contributed by atoms with Crippen molar-refractivity contribution in [2.24, 2.45) is 0 Å². The molecule has 0 aromatic heterocycles. The first-order valence-corrected chi connectivity index (χ1v) is 18.3. The summed E-state index contributed by atoms with van der Waals surface area (Å²) < 4.78 is 75.7. The third-order valence-corrected chi connectivity index (χ3v) is 5.97. The van der Waals surface area contributed by atoms with E-state index in [0.29, 0.717) is 191 Å². The molecule has 53 heavy (non-hydrogen) atoms. The third-order valence-electron chi connectivity index (χ3n) is 5.97. The second-order valence-electron chi connectivity index (χ2n) is 10.9. The van der Waals surface area contributed by atoms with E-state index in [9.17, 15) is 4.79 Å². The molecule has 17 heteroatoms. The average molecular weight is 773 g/mol. The van der Waals surface area contributed by atoms with Crippen LogP contribution in [-0.4, -0.2) is 198 Å². The molecule has 0 aromatic carbocycles. The molecule has 0 saturated heterocycles. The van der Waals surface area contributed by atoms with Crippen molar-refractivity contribution in [2.75, 3.05) is 192 Å². The van der Waals surface area contributed by atoms with Crippen molar-refractivity contribution in [1.82, 2.24) is 0 Å². The lowest BCUT2D eigenvalue weighted by molar-refractivity contribution is -0.292. The molecule has 0 atom stereocenters. The fourth-order valence-electron chi connectivity index (χ4n) is 3.35. The normalized spacial score (nSPS) is 11.4. The first-order chi connectivity index (χ1) is 26.0. The molecule has 0 bridgehead atoms. The monoisotopic (exact) mass is 772 g/mol. The number of hydrogen-bond acceptors (Lipinski definition) is 17. The van der Waals surface area contributed by atoms with Gasteiger partial charge in [-0.3, -0.25) is 0 Å². The van der Waals surface area contributed by atoms with Gasteiger partial charge in [0.05, 0.1) is 172 Å². The molecule has 0 saturated carbocycles. The zero-order valence-corrected chi connectivity index (χ0v) is 32.4. The number of carbonyl (C=O) groups is 1. The number of carbonyl (C=O) groups excluding carboxylic acids is 1. The number of rotatable bonds is 46. The van der Waals surface area contributed by atoms with Crippen LogP contribution in [0.4, 0.5) is 0 Å². The van der Waals surface area contributed by atoms with Crippen LogP contribution in [0.3, 0.4) is 0 Å². The molecule has 0 aliphatic rings. The topological polar surface area (TPSA) is 165 Å². The van der Waals surface area contributed by atoms with Gasteiger partial charge in [0.2, 0.25) is 0 Å². The van der Waals surface area contributed by atoms with E-state index in [1.165, 1.54) is 0 Å². The van der Waals surface area contributed by atoms with Gasteiger partial charge in [0.25, 0.3) is 0 Å². The van der Waals surface area contributed by atoms with Crippen molar-refractivity contribution in [2.45, 2.75) is 13.8 Å². The van der Waals surface area contributed by atoms with Crippen LogP contribution in [-0.2, 0) is 80.9 Å². The number of hydrogen-bond donors (Lipinski definition) is 0. The minimum Gasteiger partial charge on any atom is -0.460 e. The van der Waals surface area contributed by atoms with Crippen LogP contribution >= 0.6 is 0 Å². The summed E-state index contributed by atoms with van der Waals surface area (Å²) >= 11 is 0. The molecule has 0 rings (SSSR count). The maximum absolute atomic E-state index is 11.2. The van der Waals surface area contributed by atoms with Gasteiger partial charge in [0.15, 0.2) is 0 Å². The van der Waals surface area contributed by atoms with Crippen LogP contribution < -0.4 is 0 Å². The Kier molecular flexibility index (Phi) is 43.4. The van der Waals surface area contributed by atoms with E-state index in [1.54, 1.807) is 6.92 Å². The van der Waals surface area contributed by atoms with Crippen LogP contribution in [0.15, 0.2) is 24.3 Å². The highest BCUT2D eigenvalue weighted by atomic mass is 17.2. The molecule has 0 amide bonds. The average Bonchev–Trinajstić information content (AvgIpc) is 3.14. The summed E-state index contributed by atoms with van der Waals surface area (Å²) in [5, 5.41) is 0. The fourth-order valence-corrected chi connectivity index (χ4v) is 3.35. The fraction of sp³-hybridized carbons (Fsp3) is 0.861. The summed E-state index contributed by atoms with van der Waals surface area (Å²) in [6, 6.07) is 0. The van der Waals surface area contributed by atoms with Gasteiger partial charge < -0.3 is 66.3 Å². The third kappa shape index (κ3) is 46.4. The van der Waals surface area contributed by atoms with Crippen LogP contribution in [0, 0.1) is 0 Å². The molecular weight excluding hydrogens is 704 g/mol. The Bertz CT molecular complexity index is 789. The summed E-state index contributed by atoms with van der Waals surface area (Å²) in [6.45, 7) is 24.0. The van der Waals surface area contributed by atoms with Gasteiger partial charge in [-0.1, -0.05) is 18.7 Å². The summed E-state index contributed by atoms with van der Waals surface area (Å²) in [5.74, 6) is -0.416. The first-order valence-electron chi connectivity index (χ1n) is 18.3. The van der Waals surface area contributed by atoms with Crippen LogP contribution in [0.25, 0.3) is 0 Å². The van der Waals surface area contributed by atoms with Crippen molar-refractivity contribution in [3.05, 3.63) is 24.3 Å². The van der Waals surface area contributed by atoms with E-state index >= 15 is 0 Å². The largest absolute Gasteiger partial charge is 0.460 e. The van der Waals surface area contributed by atoms with Gasteiger partial charge >= 0.3 is 5.97 Å². The molecule has 0 aliphatic heterocycles. The Balaban J connectivity index is 3.08. The summed E-state index contributed by atoms with van der Waals surface area (Å²) in [5.41, 5.74) is 1.27. The van der Waals surface area contributed by atoms with E-state index in [1.807, 2.05) is 6.92 Å². The van der Waals surface area contributed by atoms with Crippen molar-refractivity contribution < 1.29 is 80.9 Å². The van der Waals surface area contributed by atoms with Gasteiger partial charge in [-0.25, -0.2) is 14.6 Å². The molecule has 0 fully saturated rings.